The van der Waals surface area contributed by atoms with E-state index in [0.717, 1.165) is 53.3 Å². The average molecular weight is 500 g/mol. The zero-order chi connectivity index (χ0) is 24.1. The van der Waals surface area contributed by atoms with Crippen molar-refractivity contribution in [1.82, 2.24) is 19.9 Å². The molecule has 1 saturated heterocycles. The van der Waals surface area contributed by atoms with Crippen molar-refractivity contribution < 1.29 is 14.2 Å². The third-order valence-electron chi connectivity index (χ3n) is 6.74. The molecule has 3 aromatic rings. The lowest BCUT2D eigenvalue weighted by Crippen LogP contribution is -2.55. The summed E-state index contributed by atoms with van der Waals surface area (Å²) in [7, 11) is -3.11. The maximum atomic E-state index is 10.8. The summed E-state index contributed by atoms with van der Waals surface area (Å²) in [5, 5.41) is 11.9. The number of anilines is 1. The van der Waals surface area contributed by atoms with Crippen LogP contribution in [0, 0.1) is 13.8 Å². The van der Waals surface area contributed by atoms with Crippen LogP contribution >= 0.6 is 22.1 Å². The summed E-state index contributed by atoms with van der Waals surface area (Å²) < 4.78 is 23.4. The van der Waals surface area contributed by atoms with E-state index in [1.54, 1.807) is 39.6 Å². The Balaban J connectivity index is 1.37. The third-order valence-corrected chi connectivity index (χ3v) is 9.08. The lowest BCUT2D eigenvalue weighted by Gasteiger charge is -2.51. The minimum Gasteiger partial charge on any atom is -0.507 e. The van der Waals surface area contributed by atoms with Crippen LogP contribution in [-0.4, -0.2) is 52.2 Å². The first kappa shape index (κ1) is 23.3. The smallest absolute Gasteiger partial charge is 0.166 e. The number of piperidine rings is 1. The van der Waals surface area contributed by atoms with E-state index < -0.39 is 16.3 Å². The van der Waals surface area contributed by atoms with Crippen molar-refractivity contribution in [3.8, 4) is 17.0 Å². The minimum absolute atomic E-state index is 0.185. The molecule has 34 heavy (non-hydrogen) atoms. The lowest BCUT2D eigenvalue weighted by molar-refractivity contribution is 0.119. The number of rotatable bonds is 4. The minimum atomic E-state index is -3.11. The third kappa shape index (κ3) is 4.09. The van der Waals surface area contributed by atoms with Gasteiger partial charge in [-0.2, -0.15) is 0 Å². The fourth-order valence-corrected chi connectivity index (χ4v) is 7.34. The molecule has 2 atom stereocenters. The van der Waals surface area contributed by atoms with E-state index in [-0.39, 0.29) is 11.8 Å². The average Bonchev–Trinajstić information content (AvgIpc) is 3.31. The van der Waals surface area contributed by atoms with Crippen molar-refractivity contribution in [2.45, 2.75) is 51.7 Å². The number of phenols is 1. The van der Waals surface area contributed by atoms with E-state index in [0.29, 0.717) is 5.82 Å². The summed E-state index contributed by atoms with van der Waals surface area (Å²) in [4.78, 5) is 16.7. The van der Waals surface area contributed by atoms with Gasteiger partial charge in [-0.3, -0.25) is 19.0 Å². The van der Waals surface area contributed by atoms with Gasteiger partial charge >= 0.3 is 0 Å². The number of thiazole rings is 1. The molecule has 8 nitrogen and oxygen atoms in total. The van der Waals surface area contributed by atoms with Crippen molar-refractivity contribution in [2.24, 2.45) is 0 Å². The zero-order valence-corrected chi connectivity index (χ0v) is 21.1. The summed E-state index contributed by atoms with van der Waals surface area (Å²) in [6.45, 7) is 7.54. The molecule has 1 aromatic carbocycles. The van der Waals surface area contributed by atoms with Crippen molar-refractivity contribution in [2.75, 3.05) is 10.8 Å². The first-order chi connectivity index (χ1) is 16.2. The van der Waals surface area contributed by atoms with Crippen LogP contribution < -0.4 is 4.31 Å². The van der Waals surface area contributed by atoms with Gasteiger partial charge in [0, 0.05) is 41.2 Å². The number of hydrogen-bond acceptors (Lipinski definition) is 9. The summed E-state index contributed by atoms with van der Waals surface area (Å²) >= 11 is 1.57. The highest BCUT2D eigenvalue weighted by Crippen LogP contribution is 2.59. The first-order valence-electron chi connectivity index (χ1n) is 11.2. The van der Waals surface area contributed by atoms with Crippen LogP contribution in [0.25, 0.3) is 11.3 Å². The van der Waals surface area contributed by atoms with Crippen molar-refractivity contribution in [3.63, 3.8) is 0 Å². The van der Waals surface area contributed by atoms with E-state index in [9.17, 15) is 14.2 Å². The first-order valence-corrected chi connectivity index (χ1v) is 13.7. The van der Waals surface area contributed by atoms with E-state index in [1.807, 2.05) is 32.1 Å². The Labute approximate surface area is 205 Å². The van der Waals surface area contributed by atoms with Crippen molar-refractivity contribution in [1.29, 1.82) is 0 Å². The molecule has 180 valence electrons. The molecule has 10 heteroatoms. The van der Waals surface area contributed by atoms with Crippen LogP contribution in [0.5, 0.6) is 5.75 Å². The van der Waals surface area contributed by atoms with Crippen LogP contribution in [0.2, 0.25) is 0 Å². The highest BCUT2D eigenvalue weighted by atomic mass is 32.3. The van der Waals surface area contributed by atoms with Crippen molar-refractivity contribution >= 4 is 27.9 Å². The molecule has 1 spiro atoms. The number of nitrogens with zero attached hydrogens (tertiary/aromatic N) is 5. The normalized spacial score (nSPS) is 25.2. The summed E-state index contributed by atoms with van der Waals surface area (Å²) in [5.41, 5.74) is 4.71. The maximum absolute atomic E-state index is 10.8. The topological polar surface area (TPSA) is 106 Å². The SMILES string of the molecule is Cc1cncc(N2[C@]3(C=CS2(O)O)CCN(Cc2ccc(O)c(-c4ncsc4C)c2)[C@@H](C)C3)n1. The van der Waals surface area contributed by atoms with E-state index in [4.69, 9.17) is 0 Å². The number of benzene rings is 1. The number of hydrogen-bond donors (Lipinski definition) is 3. The molecule has 0 bridgehead atoms. The predicted molar refractivity (Wildman–Crippen MR) is 137 cm³/mol. The molecule has 4 heterocycles. The number of phenolic OH excluding ortho intramolecular Hbond substituents is 1. The van der Waals surface area contributed by atoms with Gasteiger partial charge in [0.1, 0.15) is 5.75 Å². The fourth-order valence-electron chi connectivity index (χ4n) is 5.07. The Kier molecular flexibility index (Phi) is 5.89. The highest BCUT2D eigenvalue weighted by Gasteiger charge is 2.50. The van der Waals surface area contributed by atoms with Gasteiger partial charge in [-0.1, -0.05) is 16.8 Å². The molecule has 5 rings (SSSR count). The van der Waals surface area contributed by atoms with Gasteiger partial charge in [-0.25, -0.2) is 14.3 Å². The summed E-state index contributed by atoms with van der Waals surface area (Å²) in [6.07, 6.45) is 6.67. The summed E-state index contributed by atoms with van der Waals surface area (Å²) in [5.74, 6) is 0.729. The van der Waals surface area contributed by atoms with Gasteiger partial charge in [0.05, 0.1) is 28.6 Å². The van der Waals surface area contributed by atoms with Gasteiger partial charge < -0.3 is 5.11 Å². The largest absolute Gasteiger partial charge is 0.507 e. The van der Waals surface area contributed by atoms with E-state index in [1.165, 1.54) is 5.41 Å². The highest BCUT2D eigenvalue weighted by molar-refractivity contribution is 8.28. The molecule has 0 radical (unpaired) electrons. The molecule has 0 saturated carbocycles. The quantitative estimate of drug-likeness (QED) is 0.441. The van der Waals surface area contributed by atoms with Crippen LogP contribution in [-0.2, 0) is 6.54 Å². The second kappa shape index (κ2) is 8.62. The molecular formula is C24H29N5O3S2. The molecular weight excluding hydrogens is 470 g/mol. The molecule has 3 N–H and O–H groups in total. The van der Waals surface area contributed by atoms with Crippen LogP contribution in [0.3, 0.4) is 0 Å². The number of aryl methyl sites for hydroxylation is 2. The predicted octanol–water partition coefficient (Wildman–Crippen LogP) is 5.35. The lowest BCUT2D eigenvalue weighted by atomic mass is 9.83. The second-order valence-electron chi connectivity index (χ2n) is 9.16. The van der Waals surface area contributed by atoms with E-state index >= 15 is 0 Å². The monoisotopic (exact) mass is 499 g/mol. The van der Waals surface area contributed by atoms with Gasteiger partial charge in [0.15, 0.2) is 5.82 Å². The zero-order valence-electron chi connectivity index (χ0n) is 19.4. The number of aromatic nitrogens is 3. The number of likely N-dealkylation sites (tertiary alicyclic amines) is 1. The van der Waals surface area contributed by atoms with Gasteiger partial charge in [-0.05, 0) is 57.4 Å². The van der Waals surface area contributed by atoms with Crippen LogP contribution in [0.1, 0.15) is 35.9 Å². The maximum Gasteiger partial charge on any atom is 0.166 e. The van der Waals surface area contributed by atoms with Crippen LogP contribution in [0.4, 0.5) is 5.82 Å². The fraction of sp³-hybridized carbons (Fsp3) is 0.375. The molecule has 2 aromatic heterocycles. The standard InChI is InChI=1S/C24H29N5O3S2/c1-16-12-25-13-22(27-16)29-24(7-9-34(29,31)32)6-8-28(17(2)11-24)14-19-4-5-21(30)20(10-19)23-18(3)33-15-26-23/h4-5,7,9-10,12-13,15,17,30-32H,6,8,11,14H2,1-3H3/t17-,24-/m0/s1. The molecule has 0 aliphatic carbocycles. The Morgan fingerprint density at radius 2 is 2.06 bits per heavy atom. The van der Waals surface area contributed by atoms with E-state index in [2.05, 4.69) is 26.8 Å². The van der Waals surface area contributed by atoms with Crippen LogP contribution in [0.15, 0.2) is 47.6 Å². The van der Waals surface area contributed by atoms with Gasteiger partial charge in [0.2, 0.25) is 0 Å². The summed E-state index contributed by atoms with van der Waals surface area (Å²) in [6, 6.07) is 5.91. The van der Waals surface area contributed by atoms with Gasteiger partial charge in [-0.15, -0.1) is 11.3 Å². The Hall–Kier alpha value is -2.50. The molecule has 2 aliphatic rings. The molecule has 1 fully saturated rings. The Morgan fingerprint density at radius 3 is 2.76 bits per heavy atom. The second-order valence-corrected chi connectivity index (χ2v) is 12.0. The molecule has 0 unspecified atom stereocenters. The van der Waals surface area contributed by atoms with Gasteiger partial charge in [0.25, 0.3) is 0 Å². The molecule has 2 aliphatic heterocycles. The number of aromatic hydroxyl groups is 1. The molecule has 0 amide bonds. The van der Waals surface area contributed by atoms with Crippen molar-refractivity contribution in [3.05, 3.63) is 63.7 Å². The Bertz CT molecular complexity index is 1250. The Morgan fingerprint density at radius 1 is 1.24 bits per heavy atom.